The smallest absolute Gasteiger partial charge is 0.168 e. The molecule has 3 atom stereocenters. The molecule has 2 aliphatic rings. The predicted molar refractivity (Wildman–Crippen MR) is 99.0 cm³/mol. The maximum absolute atomic E-state index is 9.89. The molecule has 0 spiro atoms. The van der Waals surface area contributed by atoms with Crippen molar-refractivity contribution in [2.45, 2.75) is 31.3 Å². The van der Waals surface area contributed by atoms with Gasteiger partial charge < -0.3 is 5.32 Å². The van der Waals surface area contributed by atoms with E-state index in [1.807, 2.05) is 48.6 Å². The summed E-state index contributed by atoms with van der Waals surface area (Å²) in [6, 6.07) is 15.0. The van der Waals surface area contributed by atoms with Crippen LogP contribution < -0.4 is 5.32 Å². The van der Waals surface area contributed by atoms with E-state index in [1.54, 1.807) is 0 Å². The lowest BCUT2D eigenvalue weighted by Crippen LogP contribution is -2.42. The van der Waals surface area contributed by atoms with Crippen LogP contribution in [0.2, 0.25) is 0 Å². The van der Waals surface area contributed by atoms with Crippen molar-refractivity contribution in [3.8, 4) is 12.1 Å². The van der Waals surface area contributed by atoms with E-state index >= 15 is 0 Å². The van der Waals surface area contributed by atoms with Crippen molar-refractivity contribution in [2.75, 3.05) is 0 Å². The summed E-state index contributed by atoms with van der Waals surface area (Å²) >= 11 is 0. The summed E-state index contributed by atoms with van der Waals surface area (Å²) in [7, 11) is 0. The highest BCUT2D eigenvalue weighted by atomic mass is 15.0. The molecule has 3 rings (SSSR count). The molecule has 3 nitrogen and oxygen atoms in total. The first-order valence-corrected chi connectivity index (χ1v) is 8.61. The minimum absolute atomic E-state index is 0.000625. The lowest BCUT2D eigenvalue weighted by atomic mass is 9.70. The Morgan fingerprint density at radius 1 is 1.20 bits per heavy atom. The molecule has 25 heavy (non-hydrogen) atoms. The Bertz CT molecular complexity index is 799. The fraction of sp³-hybridized carbons (Fsp3) is 0.318. The van der Waals surface area contributed by atoms with Crippen LogP contribution in [-0.4, -0.2) is 12.1 Å². The molecule has 0 radical (unpaired) electrons. The largest absolute Gasteiger partial charge is 0.307 e. The molecule has 3 heteroatoms. The first-order valence-electron chi connectivity index (χ1n) is 8.61. The Labute approximate surface area is 149 Å². The molecule has 0 amide bonds. The lowest BCUT2D eigenvalue weighted by Gasteiger charge is -2.34. The van der Waals surface area contributed by atoms with Crippen LogP contribution in [0.4, 0.5) is 0 Å². The summed E-state index contributed by atoms with van der Waals surface area (Å²) in [4.78, 5) is 0. The fourth-order valence-electron chi connectivity index (χ4n) is 3.82. The first-order chi connectivity index (χ1) is 12.2. The maximum Gasteiger partial charge on any atom is 0.168 e. The molecule has 2 aliphatic heterocycles. The van der Waals surface area contributed by atoms with Crippen molar-refractivity contribution in [3.63, 3.8) is 0 Å². The van der Waals surface area contributed by atoms with Crippen LogP contribution in [0.1, 0.15) is 24.8 Å². The standard InChI is InChI=1S/C22H21N3/c1-2-7-19-20(14-18-11-12-21(19)25-18)22(15-23,16-24)13-6-10-17-8-4-3-5-9-17/h3-10,14,18-19,21,25H,1,11-13H2/b10-6+/t18-,19-,21+/m1/s1. The van der Waals surface area contributed by atoms with Crippen molar-refractivity contribution < 1.29 is 0 Å². The zero-order valence-electron chi connectivity index (χ0n) is 14.2. The molecule has 2 heterocycles. The number of rotatable bonds is 5. The number of hydrogen-bond acceptors (Lipinski definition) is 3. The van der Waals surface area contributed by atoms with Crippen LogP contribution in [0.5, 0.6) is 0 Å². The predicted octanol–water partition coefficient (Wildman–Crippen LogP) is 4.14. The molecule has 2 bridgehead atoms. The minimum atomic E-state index is -1.15. The topological polar surface area (TPSA) is 59.6 Å². The molecule has 0 unspecified atom stereocenters. The number of allylic oxidation sites excluding steroid dienone is 1. The van der Waals surface area contributed by atoms with E-state index in [9.17, 15) is 10.5 Å². The summed E-state index contributed by atoms with van der Waals surface area (Å²) in [5.74, 6) is 0.000625. The van der Waals surface area contributed by atoms with Gasteiger partial charge in [0.15, 0.2) is 5.41 Å². The van der Waals surface area contributed by atoms with Gasteiger partial charge in [0.2, 0.25) is 0 Å². The van der Waals surface area contributed by atoms with Crippen LogP contribution in [-0.2, 0) is 0 Å². The van der Waals surface area contributed by atoms with Crippen molar-refractivity contribution in [1.82, 2.24) is 5.32 Å². The zero-order chi connectivity index (χ0) is 17.7. The van der Waals surface area contributed by atoms with Gasteiger partial charge in [0, 0.05) is 24.4 Å². The van der Waals surface area contributed by atoms with E-state index in [-0.39, 0.29) is 18.0 Å². The van der Waals surface area contributed by atoms with Gasteiger partial charge in [-0.1, -0.05) is 55.1 Å². The molecule has 1 aromatic rings. The van der Waals surface area contributed by atoms with E-state index in [4.69, 9.17) is 0 Å². The third-order valence-electron chi connectivity index (χ3n) is 5.10. The van der Waals surface area contributed by atoms with Crippen LogP contribution in [0.15, 0.2) is 66.4 Å². The summed E-state index contributed by atoms with van der Waals surface area (Å²) < 4.78 is 0. The number of nitrogens with one attached hydrogen (secondary N) is 1. The second-order valence-electron chi connectivity index (χ2n) is 6.62. The first kappa shape index (κ1) is 17.0. The highest BCUT2D eigenvalue weighted by Gasteiger charge is 2.45. The Morgan fingerprint density at radius 2 is 1.96 bits per heavy atom. The second kappa shape index (κ2) is 7.37. The quantitative estimate of drug-likeness (QED) is 0.653. The minimum Gasteiger partial charge on any atom is -0.307 e. The average Bonchev–Trinajstić information content (AvgIpc) is 3.05. The normalized spacial score (nSPS) is 24.9. The third-order valence-corrected chi connectivity index (χ3v) is 5.10. The summed E-state index contributed by atoms with van der Waals surface area (Å²) in [5, 5.41) is 23.3. The molecular weight excluding hydrogens is 306 g/mol. The zero-order valence-corrected chi connectivity index (χ0v) is 14.2. The number of nitriles is 2. The van der Waals surface area contributed by atoms with Crippen molar-refractivity contribution >= 4 is 6.08 Å². The Hall–Kier alpha value is -2.84. The SMILES string of the molecule is C=C=C[C@@H]1C(C(C#N)(C#N)C/C=C/c2ccccc2)=C[C@H]2CC[C@@H]1N2. The van der Waals surface area contributed by atoms with E-state index in [0.717, 1.165) is 24.0 Å². The van der Waals surface area contributed by atoms with Gasteiger partial charge >= 0.3 is 0 Å². The van der Waals surface area contributed by atoms with Crippen molar-refractivity contribution in [1.29, 1.82) is 10.5 Å². The fourth-order valence-corrected chi connectivity index (χ4v) is 3.82. The van der Waals surface area contributed by atoms with E-state index in [2.05, 4.69) is 35.8 Å². The van der Waals surface area contributed by atoms with E-state index in [1.165, 1.54) is 0 Å². The number of nitrogens with zero attached hydrogens (tertiary/aromatic N) is 2. The van der Waals surface area contributed by atoms with Crippen LogP contribution in [0.3, 0.4) is 0 Å². The highest BCUT2D eigenvalue weighted by Crippen LogP contribution is 2.43. The molecule has 0 aromatic heterocycles. The molecule has 0 aliphatic carbocycles. The molecule has 1 aromatic carbocycles. The average molecular weight is 327 g/mol. The van der Waals surface area contributed by atoms with Crippen LogP contribution >= 0.6 is 0 Å². The van der Waals surface area contributed by atoms with Gasteiger partial charge in [-0.15, -0.1) is 5.73 Å². The Morgan fingerprint density at radius 3 is 2.64 bits per heavy atom. The van der Waals surface area contributed by atoms with Crippen LogP contribution in [0, 0.1) is 34.0 Å². The van der Waals surface area contributed by atoms with E-state index < -0.39 is 5.41 Å². The molecule has 0 saturated carbocycles. The third kappa shape index (κ3) is 3.35. The summed E-state index contributed by atoms with van der Waals surface area (Å²) in [6.07, 6.45) is 10.4. The Kier molecular flexibility index (Phi) is 5.01. The highest BCUT2D eigenvalue weighted by molar-refractivity contribution is 5.50. The lowest BCUT2D eigenvalue weighted by molar-refractivity contribution is 0.419. The van der Waals surface area contributed by atoms with Crippen molar-refractivity contribution in [3.05, 3.63) is 72.0 Å². The van der Waals surface area contributed by atoms with Gasteiger partial charge in [-0.2, -0.15) is 10.5 Å². The number of hydrogen-bond donors (Lipinski definition) is 1. The van der Waals surface area contributed by atoms with E-state index in [0.29, 0.717) is 6.42 Å². The number of benzene rings is 1. The summed E-state index contributed by atoms with van der Waals surface area (Å²) in [5.41, 5.74) is 3.68. The van der Waals surface area contributed by atoms with Gasteiger partial charge in [0.25, 0.3) is 0 Å². The van der Waals surface area contributed by atoms with Gasteiger partial charge in [-0.3, -0.25) is 0 Å². The Balaban J connectivity index is 1.91. The van der Waals surface area contributed by atoms with Gasteiger partial charge in [-0.25, -0.2) is 0 Å². The van der Waals surface area contributed by atoms with Gasteiger partial charge in [-0.05, 0) is 30.1 Å². The maximum atomic E-state index is 9.89. The molecule has 1 saturated heterocycles. The van der Waals surface area contributed by atoms with Gasteiger partial charge in [0.05, 0.1) is 12.1 Å². The van der Waals surface area contributed by atoms with Gasteiger partial charge in [0.1, 0.15) is 0 Å². The summed E-state index contributed by atoms with van der Waals surface area (Å²) in [6.45, 7) is 3.69. The molecule has 1 N–H and O–H groups in total. The van der Waals surface area contributed by atoms with Crippen LogP contribution in [0.25, 0.3) is 6.08 Å². The van der Waals surface area contributed by atoms with Crippen molar-refractivity contribution in [2.24, 2.45) is 11.3 Å². The monoisotopic (exact) mass is 327 g/mol. The molecule has 124 valence electrons. The molecular formula is C22H21N3. The second-order valence-corrected chi connectivity index (χ2v) is 6.62. The molecule has 1 fully saturated rings. The number of fused-ring (bicyclic) bond motifs is 2.